The number of benzene rings is 2. The fourth-order valence-electron chi connectivity index (χ4n) is 3.10. The number of hydrogen-bond acceptors (Lipinski definition) is 4. The number of carbonyl (C=O) groups is 1. The fraction of sp³-hybridized carbons (Fsp3) is 0.250. The van der Waals surface area contributed by atoms with Crippen LogP contribution in [0.5, 0.6) is 5.75 Å². The van der Waals surface area contributed by atoms with Crippen molar-refractivity contribution >= 4 is 5.91 Å². The second-order valence-corrected chi connectivity index (χ2v) is 6.41. The van der Waals surface area contributed by atoms with E-state index in [0.29, 0.717) is 24.1 Å². The number of amides is 1. The van der Waals surface area contributed by atoms with E-state index in [9.17, 15) is 4.79 Å². The van der Waals surface area contributed by atoms with Crippen molar-refractivity contribution in [1.29, 1.82) is 0 Å². The minimum absolute atomic E-state index is 0.0568. The maximum atomic E-state index is 12.3. The summed E-state index contributed by atoms with van der Waals surface area (Å²) < 4.78 is 5.15. The molecule has 4 rings (SSSR count). The van der Waals surface area contributed by atoms with Gasteiger partial charge in [-0.2, -0.15) is 5.10 Å². The van der Waals surface area contributed by atoms with Gasteiger partial charge in [-0.1, -0.05) is 30.3 Å². The molecular weight excluding hydrogens is 328 g/mol. The Morgan fingerprint density at radius 1 is 1.19 bits per heavy atom. The van der Waals surface area contributed by atoms with Gasteiger partial charge < -0.3 is 10.1 Å². The summed E-state index contributed by atoms with van der Waals surface area (Å²) in [5.41, 5.74) is 2.13. The molecule has 6 heteroatoms. The van der Waals surface area contributed by atoms with Gasteiger partial charge >= 0.3 is 0 Å². The molecule has 2 N–H and O–H groups in total. The molecule has 0 aliphatic heterocycles. The molecule has 0 radical (unpaired) electrons. The molecule has 3 aromatic rings. The lowest BCUT2D eigenvalue weighted by Gasteiger charge is -2.03. The third kappa shape index (κ3) is 3.44. The summed E-state index contributed by atoms with van der Waals surface area (Å²) in [6.45, 7) is 0.347. The molecule has 0 unspecified atom stereocenters. The molecule has 1 aliphatic rings. The van der Waals surface area contributed by atoms with E-state index < -0.39 is 0 Å². The highest BCUT2D eigenvalue weighted by Crippen LogP contribution is 2.47. The van der Waals surface area contributed by atoms with Crippen molar-refractivity contribution in [3.8, 4) is 17.1 Å². The molecule has 1 aliphatic carbocycles. The number of hydrogen-bond donors (Lipinski definition) is 2. The van der Waals surface area contributed by atoms with E-state index in [1.54, 1.807) is 7.11 Å². The molecule has 0 bridgehead atoms. The van der Waals surface area contributed by atoms with Crippen LogP contribution in [-0.4, -0.2) is 28.2 Å². The zero-order chi connectivity index (χ0) is 17.9. The first-order chi connectivity index (χ1) is 12.7. The third-order valence-electron chi connectivity index (χ3n) is 4.66. The van der Waals surface area contributed by atoms with Crippen LogP contribution in [0.1, 0.15) is 23.7 Å². The zero-order valence-corrected chi connectivity index (χ0v) is 14.5. The SMILES string of the molecule is COc1ccc(-c2n[nH]c(CNC(=O)[C@H]3C[C@@H]3c3ccccc3)n2)cc1. The van der Waals surface area contributed by atoms with Crippen LogP contribution < -0.4 is 10.1 Å². The molecule has 26 heavy (non-hydrogen) atoms. The topological polar surface area (TPSA) is 79.9 Å². The lowest BCUT2D eigenvalue weighted by molar-refractivity contribution is -0.122. The highest BCUT2D eigenvalue weighted by atomic mass is 16.5. The summed E-state index contributed by atoms with van der Waals surface area (Å²) in [6, 6.07) is 17.7. The molecule has 1 aromatic heterocycles. The highest BCUT2D eigenvalue weighted by Gasteiger charge is 2.43. The number of aromatic nitrogens is 3. The van der Waals surface area contributed by atoms with Crippen LogP contribution in [0.25, 0.3) is 11.4 Å². The predicted molar refractivity (Wildman–Crippen MR) is 97.5 cm³/mol. The zero-order valence-electron chi connectivity index (χ0n) is 14.5. The van der Waals surface area contributed by atoms with Gasteiger partial charge in [0.05, 0.1) is 13.7 Å². The monoisotopic (exact) mass is 348 g/mol. The largest absolute Gasteiger partial charge is 0.497 e. The van der Waals surface area contributed by atoms with Crippen molar-refractivity contribution in [2.45, 2.75) is 18.9 Å². The van der Waals surface area contributed by atoms with Gasteiger partial charge in [-0.3, -0.25) is 9.89 Å². The number of aromatic amines is 1. The lowest BCUT2D eigenvalue weighted by Crippen LogP contribution is -2.25. The second-order valence-electron chi connectivity index (χ2n) is 6.41. The molecule has 1 saturated carbocycles. The van der Waals surface area contributed by atoms with Crippen molar-refractivity contribution in [2.75, 3.05) is 7.11 Å². The van der Waals surface area contributed by atoms with Crippen molar-refractivity contribution in [3.63, 3.8) is 0 Å². The number of nitrogens with zero attached hydrogens (tertiary/aromatic N) is 2. The molecule has 1 amide bonds. The molecule has 2 atom stereocenters. The summed E-state index contributed by atoms with van der Waals surface area (Å²) in [5, 5.41) is 10.0. The first-order valence-corrected chi connectivity index (χ1v) is 8.63. The van der Waals surface area contributed by atoms with Crippen LogP contribution in [0.3, 0.4) is 0 Å². The van der Waals surface area contributed by atoms with E-state index >= 15 is 0 Å². The van der Waals surface area contributed by atoms with Crippen LogP contribution in [0.2, 0.25) is 0 Å². The van der Waals surface area contributed by atoms with Gasteiger partial charge in [-0.15, -0.1) is 0 Å². The van der Waals surface area contributed by atoms with Crippen LogP contribution in [0, 0.1) is 5.92 Å². The van der Waals surface area contributed by atoms with E-state index in [1.165, 1.54) is 5.56 Å². The van der Waals surface area contributed by atoms with Gasteiger partial charge in [-0.05, 0) is 42.2 Å². The van der Waals surface area contributed by atoms with Crippen LogP contribution in [0.15, 0.2) is 54.6 Å². The van der Waals surface area contributed by atoms with Crippen LogP contribution >= 0.6 is 0 Å². The minimum atomic E-state index is 0.0568. The Morgan fingerprint density at radius 3 is 2.69 bits per heavy atom. The number of carbonyl (C=O) groups excluding carboxylic acids is 1. The van der Waals surface area contributed by atoms with Crippen molar-refractivity contribution in [3.05, 3.63) is 66.0 Å². The fourth-order valence-corrected chi connectivity index (χ4v) is 3.10. The number of ether oxygens (including phenoxy) is 1. The van der Waals surface area contributed by atoms with Gasteiger partial charge in [0.1, 0.15) is 11.6 Å². The molecule has 1 heterocycles. The highest BCUT2D eigenvalue weighted by molar-refractivity contribution is 5.82. The van der Waals surface area contributed by atoms with E-state index in [-0.39, 0.29) is 11.8 Å². The summed E-state index contributed by atoms with van der Waals surface area (Å²) in [4.78, 5) is 16.8. The lowest BCUT2D eigenvalue weighted by atomic mass is 10.1. The Kier molecular flexibility index (Phi) is 4.39. The molecular formula is C20H20N4O2. The molecule has 2 aromatic carbocycles. The van der Waals surface area contributed by atoms with E-state index in [0.717, 1.165) is 17.7 Å². The number of H-pyrrole nitrogens is 1. The van der Waals surface area contributed by atoms with Crippen molar-refractivity contribution in [1.82, 2.24) is 20.5 Å². The van der Waals surface area contributed by atoms with Gasteiger partial charge in [0.15, 0.2) is 5.82 Å². The normalized spacial score (nSPS) is 18.3. The van der Waals surface area contributed by atoms with E-state index in [2.05, 4.69) is 32.6 Å². The van der Waals surface area contributed by atoms with Gasteiger partial charge in [0, 0.05) is 11.5 Å². The Labute approximate surface area is 151 Å². The Hall–Kier alpha value is -3.15. The molecule has 0 spiro atoms. The third-order valence-corrected chi connectivity index (χ3v) is 4.66. The molecule has 6 nitrogen and oxygen atoms in total. The van der Waals surface area contributed by atoms with Gasteiger partial charge in [-0.25, -0.2) is 4.98 Å². The maximum absolute atomic E-state index is 12.3. The maximum Gasteiger partial charge on any atom is 0.224 e. The van der Waals surface area contributed by atoms with E-state index in [1.807, 2.05) is 42.5 Å². The molecule has 132 valence electrons. The minimum Gasteiger partial charge on any atom is -0.497 e. The Morgan fingerprint density at radius 2 is 1.96 bits per heavy atom. The van der Waals surface area contributed by atoms with Crippen LogP contribution in [0.4, 0.5) is 0 Å². The first kappa shape index (κ1) is 16.3. The summed E-state index contributed by atoms with van der Waals surface area (Å²) in [5.74, 6) is 2.49. The van der Waals surface area contributed by atoms with Crippen LogP contribution in [-0.2, 0) is 11.3 Å². The summed E-state index contributed by atoms with van der Waals surface area (Å²) >= 11 is 0. The molecule has 0 saturated heterocycles. The van der Waals surface area contributed by atoms with Gasteiger partial charge in [0.2, 0.25) is 5.91 Å². The number of rotatable bonds is 6. The standard InChI is InChI=1S/C20H20N4O2/c1-26-15-9-7-14(8-10-15)19-22-18(23-24-19)12-21-20(25)17-11-16(17)13-5-3-2-4-6-13/h2-10,16-17H,11-12H2,1H3,(H,21,25)(H,22,23,24)/t16-,17+/m1/s1. The van der Waals surface area contributed by atoms with Crippen molar-refractivity contribution < 1.29 is 9.53 Å². The van der Waals surface area contributed by atoms with Gasteiger partial charge in [0.25, 0.3) is 0 Å². The number of methoxy groups -OCH3 is 1. The van der Waals surface area contributed by atoms with E-state index in [4.69, 9.17) is 4.74 Å². The average Bonchev–Trinajstić information content (AvgIpc) is 3.37. The average molecular weight is 348 g/mol. The number of nitrogens with one attached hydrogen (secondary N) is 2. The Bertz CT molecular complexity index is 890. The smallest absolute Gasteiger partial charge is 0.224 e. The Balaban J connectivity index is 1.33. The quantitative estimate of drug-likeness (QED) is 0.718. The summed E-state index contributed by atoms with van der Waals surface area (Å²) in [7, 11) is 1.63. The summed E-state index contributed by atoms with van der Waals surface area (Å²) in [6.07, 6.45) is 0.906. The predicted octanol–water partition coefficient (Wildman–Crippen LogP) is 2.90. The van der Waals surface area contributed by atoms with Crippen molar-refractivity contribution in [2.24, 2.45) is 5.92 Å². The second kappa shape index (κ2) is 7.00. The first-order valence-electron chi connectivity index (χ1n) is 8.63. The molecule has 1 fully saturated rings.